The van der Waals surface area contributed by atoms with Crippen molar-refractivity contribution in [2.45, 2.75) is 27.3 Å². The lowest BCUT2D eigenvalue weighted by atomic mass is 9.99. The first-order valence-electron chi connectivity index (χ1n) is 10.1. The van der Waals surface area contributed by atoms with Gasteiger partial charge >= 0.3 is 0 Å². The number of rotatable bonds is 5. The van der Waals surface area contributed by atoms with Crippen LogP contribution < -0.4 is 5.32 Å². The lowest BCUT2D eigenvalue weighted by Crippen LogP contribution is -2.32. The molecule has 0 aromatic heterocycles. The maximum absolute atomic E-state index is 13.4. The van der Waals surface area contributed by atoms with Crippen molar-refractivity contribution in [2.24, 2.45) is 0 Å². The molecule has 31 heavy (non-hydrogen) atoms. The van der Waals surface area contributed by atoms with E-state index in [0.29, 0.717) is 16.7 Å². The number of imide groups is 1. The van der Waals surface area contributed by atoms with Crippen molar-refractivity contribution in [3.63, 3.8) is 0 Å². The Balaban J connectivity index is 1.77. The second-order valence-electron chi connectivity index (χ2n) is 7.81. The third-order valence-electron chi connectivity index (χ3n) is 5.62. The average molecular weight is 414 g/mol. The van der Waals surface area contributed by atoms with Crippen LogP contribution in [0.5, 0.6) is 0 Å². The molecule has 4 rings (SSSR count). The summed E-state index contributed by atoms with van der Waals surface area (Å²) in [6.07, 6.45) is 0. The zero-order valence-corrected chi connectivity index (χ0v) is 17.7. The van der Waals surface area contributed by atoms with Gasteiger partial charge in [-0.15, -0.1) is 0 Å². The zero-order valence-electron chi connectivity index (χ0n) is 17.7. The summed E-state index contributed by atoms with van der Waals surface area (Å²) in [7, 11) is 0. The Labute approximate surface area is 181 Å². The summed E-state index contributed by atoms with van der Waals surface area (Å²) in [5.41, 5.74) is 5.85. The fourth-order valence-corrected chi connectivity index (χ4v) is 3.62. The van der Waals surface area contributed by atoms with Crippen LogP contribution in [0.15, 0.2) is 72.4 Å². The minimum Gasteiger partial charge on any atom is -0.350 e. The number of anilines is 1. The highest BCUT2D eigenvalue weighted by molar-refractivity contribution is 6.36. The Morgan fingerprint density at radius 1 is 0.806 bits per heavy atom. The van der Waals surface area contributed by atoms with E-state index >= 15 is 0 Å². The van der Waals surface area contributed by atoms with Crippen molar-refractivity contribution in [2.75, 3.05) is 5.32 Å². The lowest BCUT2D eigenvalue weighted by Gasteiger charge is -2.16. The van der Waals surface area contributed by atoms with Gasteiger partial charge < -0.3 is 5.32 Å². The first kappa shape index (κ1) is 20.5. The van der Waals surface area contributed by atoms with Gasteiger partial charge in [-0.05, 0) is 66.8 Å². The van der Waals surface area contributed by atoms with Crippen molar-refractivity contribution in [3.05, 3.63) is 106 Å². The maximum atomic E-state index is 13.4. The molecular weight excluding hydrogens is 391 g/mol. The molecule has 0 saturated heterocycles. The second-order valence-corrected chi connectivity index (χ2v) is 7.81. The molecule has 0 unspecified atom stereocenters. The van der Waals surface area contributed by atoms with Crippen molar-refractivity contribution in [3.8, 4) is 0 Å². The van der Waals surface area contributed by atoms with E-state index in [-0.39, 0.29) is 24.0 Å². The van der Waals surface area contributed by atoms with Crippen LogP contribution in [-0.2, 0) is 16.1 Å². The van der Waals surface area contributed by atoms with Gasteiger partial charge in [0.15, 0.2) is 0 Å². The molecule has 1 aliphatic rings. The molecule has 0 fully saturated rings. The fourth-order valence-electron chi connectivity index (χ4n) is 3.62. The van der Waals surface area contributed by atoms with Gasteiger partial charge in [-0.25, -0.2) is 4.39 Å². The monoisotopic (exact) mass is 414 g/mol. The number of para-hydroxylation sites is 1. The lowest BCUT2D eigenvalue weighted by molar-refractivity contribution is -0.137. The van der Waals surface area contributed by atoms with Crippen LogP contribution in [0.25, 0.3) is 5.57 Å². The molecule has 0 saturated carbocycles. The Bertz CT molecular complexity index is 1210. The van der Waals surface area contributed by atoms with Gasteiger partial charge in [0, 0.05) is 5.69 Å². The highest BCUT2D eigenvalue weighted by Gasteiger charge is 2.39. The van der Waals surface area contributed by atoms with Gasteiger partial charge in [0.2, 0.25) is 0 Å². The van der Waals surface area contributed by atoms with Crippen molar-refractivity contribution in [1.82, 2.24) is 4.90 Å². The molecule has 0 atom stereocenters. The first-order valence-corrected chi connectivity index (χ1v) is 10.1. The molecular formula is C26H23FN2O2. The molecule has 3 aromatic rings. The predicted octanol–water partition coefficient (Wildman–Crippen LogP) is 5.14. The zero-order chi connectivity index (χ0) is 22.1. The largest absolute Gasteiger partial charge is 0.350 e. The van der Waals surface area contributed by atoms with Crippen LogP contribution >= 0.6 is 0 Å². The number of hydrogen-bond donors (Lipinski definition) is 1. The number of carbonyl (C=O) groups excluding carboxylic acids is 2. The van der Waals surface area contributed by atoms with Crippen LogP contribution in [0.4, 0.5) is 10.1 Å². The topological polar surface area (TPSA) is 49.4 Å². The molecule has 4 nitrogen and oxygen atoms in total. The van der Waals surface area contributed by atoms with Gasteiger partial charge in [0.25, 0.3) is 11.8 Å². The maximum Gasteiger partial charge on any atom is 0.278 e. The molecule has 0 spiro atoms. The number of amides is 2. The summed E-state index contributed by atoms with van der Waals surface area (Å²) in [6.45, 7) is 6.00. The summed E-state index contributed by atoms with van der Waals surface area (Å²) in [5, 5.41) is 3.20. The molecule has 156 valence electrons. The Morgan fingerprint density at radius 2 is 1.52 bits per heavy atom. The van der Waals surface area contributed by atoms with Gasteiger partial charge in [0.05, 0.1) is 12.1 Å². The number of hydrogen-bond acceptors (Lipinski definition) is 3. The Hall–Kier alpha value is -3.73. The number of carbonyl (C=O) groups is 2. The highest BCUT2D eigenvalue weighted by atomic mass is 19.1. The number of aryl methyl sites for hydroxylation is 3. The molecule has 1 heterocycles. The van der Waals surface area contributed by atoms with E-state index in [1.807, 2.05) is 63.2 Å². The summed E-state index contributed by atoms with van der Waals surface area (Å²) >= 11 is 0. The molecule has 5 heteroatoms. The second kappa shape index (κ2) is 8.19. The molecule has 2 amide bonds. The van der Waals surface area contributed by atoms with E-state index in [1.165, 1.54) is 17.0 Å². The van der Waals surface area contributed by atoms with Crippen molar-refractivity contribution < 1.29 is 14.0 Å². The summed E-state index contributed by atoms with van der Waals surface area (Å²) in [6, 6.07) is 19.2. The van der Waals surface area contributed by atoms with Crippen LogP contribution in [0.3, 0.4) is 0 Å². The van der Waals surface area contributed by atoms with E-state index in [0.717, 1.165) is 22.4 Å². The van der Waals surface area contributed by atoms with Crippen LogP contribution in [0.2, 0.25) is 0 Å². The van der Waals surface area contributed by atoms with E-state index in [2.05, 4.69) is 5.32 Å². The molecule has 1 N–H and O–H groups in total. The summed E-state index contributed by atoms with van der Waals surface area (Å²) < 4.78 is 13.3. The van der Waals surface area contributed by atoms with Gasteiger partial charge in [-0.3, -0.25) is 14.5 Å². The molecule has 0 radical (unpaired) electrons. The quantitative estimate of drug-likeness (QED) is 0.588. The molecule has 0 aliphatic carbocycles. The molecule has 3 aromatic carbocycles. The van der Waals surface area contributed by atoms with Crippen molar-refractivity contribution in [1.29, 1.82) is 0 Å². The third-order valence-corrected chi connectivity index (χ3v) is 5.62. The average Bonchev–Trinajstić information content (AvgIpc) is 2.97. The minimum absolute atomic E-state index is 0.0746. The third kappa shape index (κ3) is 3.99. The van der Waals surface area contributed by atoms with E-state index < -0.39 is 5.91 Å². The van der Waals surface area contributed by atoms with E-state index in [9.17, 15) is 14.0 Å². The normalized spacial score (nSPS) is 13.9. The number of benzene rings is 3. The minimum atomic E-state index is -0.397. The fraction of sp³-hybridized carbons (Fsp3) is 0.154. The number of nitrogens with zero attached hydrogens (tertiary/aromatic N) is 1. The summed E-state index contributed by atoms with van der Waals surface area (Å²) in [5.74, 6) is -1.13. The number of nitrogens with one attached hydrogen (secondary N) is 1. The standard InChI is InChI=1S/C26H23FN2O2/c1-16-8-11-20(14-18(16)3)23-24(28-22-7-5-4-6-17(22)2)26(31)29(25(23)30)15-19-9-12-21(27)13-10-19/h4-14,28H,15H2,1-3H3. The first-order chi connectivity index (χ1) is 14.8. The SMILES string of the molecule is Cc1ccc(C2=C(Nc3ccccc3C)C(=O)N(Cc3ccc(F)cc3)C2=O)cc1C. The summed E-state index contributed by atoms with van der Waals surface area (Å²) in [4.78, 5) is 28.0. The van der Waals surface area contributed by atoms with Gasteiger partial charge in [-0.1, -0.05) is 48.5 Å². The molecule has 0 bridgehead atoms. The molecule has 1 aliphatic heterocycles. The van der Waals surface area contributed by atoms with E-state index in [4.69, 9.17) is 0 Å². The predicted molar refractivity (Wildman–Crippen MR) is 120 cm³/mol. The number of halogens is 1. The van der Waals surface area contributed by atoms with Crippen LogP contribution in [0.1, 0.15) is 27.8 Å². The Kier molecular flexibility index (Phi) is 5.42. The van der Waals surface area contributed by atoms with Gasteiger partial charge in [0.1, 0.15) is 11.5 Å². The van der Waals surface area contributed by atoms with Crippen LogP contribution in [-0.4, -0.2) is 16.7 Å². The van der Waals surface area contributed by atoms with Crippen LogP contribution in [0, 0.1) is 26.6 Å². The van der Waals surface area contributed by atoms with E-state index in [1.54, 1.807) is 12.1 Å². The van der Waals surface area contributed by atoms with Crippen molar-refractivity contribution >= 4 is 23.1 Å². The highest BCUT2D eigenvalue weighted by Crippen LogP contribution is 2.33. The Morgan fingerprint density at radius 3 is 2.19 bits per heavy atom. The van der Waals surface area contributed by atoms with Gasteiger partial charge in [-0.2, -0.15) is 0 Å². The smallest absolute Gasteiger partial charge is 0.278 e.